The molecule has 2 aromatic rings. The van der Waals surface area contributed by atoms with E-state index >= 15 is 0 Å². The van der Waals surface area contributed by atoms with Crippen LogP contribution < -0.4 is 10.3 Å². The van der Waals surface area contributed by atoms with E-state index in [1.165, 1.54) is 12.8 Å². The number of H-pyrrole nitrogens is 1. The zero-order valence-corrected chi connectivity index (χ0v) is 11.4. The van der Waals surface area contributed by atoms with Gasteiger partial charge in [0.1, 0.15) is 5.82 Å². The van der Waals surface area contributed by atoms with E-state index in [1.54, 1.807) is 25.4 Å². The van der Waals surface area contributed by atoms with Crippen LogP contribution in [0.15, 0.2) is 29.2 Å². The molecule has 104 valence electrons. The average Bonchev–Trinajstić information content (AvgIpc) is 3.01. The van der Waals surface area contributed by atoms with Crippen LogP contribution in [-0.4, -0.2) is 22.1 Å². The van der Waals surface area contributed by atoms with Crippen molar-refractivity contribution in [2.24, 2.45) is 0 Å². The minimum Gasteiger partial charge on any atom is -0.481 e. The third kappa shape index (κ3) is 2.57. The Bertz CT molecular complexity index is 643. The van der Waals surface area contributed by atoms with Gasteiger partial charge in [-0.3, -0.25) is 4.79 Å². The zero-order valence-electron chi connectivity index (χ0n) is 11.4. The van der Waals surface area contributed by atoms with E-state index < -0.39 is 0 Å². The van der Waals surface area contributed by atoms with Crippen LogP contribution in [0.2, 0.25) is 0 Å². The molecular formula is C15H17N3O2. The molecule has 0 amide bonds. The molecule has 0 atom stereocenters. The maximum absolute atomic E-state index is 11.8. The van der Waals surface area contributed by atoms with Gasteiger partial charge in [0, 0.05) is 29.8 Å². The fourth-order valence-electron chi connectivity index (χ4n) is 2.68. The molecule has 5 nitrogen and oxygen atoms in total. The monoisotopic (exact) mass is 271 g/mol. The Morgan fingerprint density at radius 3 is 2.75 bits per heavy atom. The number of aromatic nitrogens is 3. The fraction of sp³-hybridized carbons (Fsp3) is 0.400. The van der Waals surface area contributed by atoms with Gasteiger partial charge in [-0.15, -0.1) is 0 Å². The normalized spacial score (nSPS) is 15.4. The molecule has 0 spiro atoms. The largest absolute Gasteiger partial charge is 0.481 e. The number of rotatable bonds is 3. The molecule has 2 aromatic heterocycles. The van der Waals surface area contributed by atoms with E-state index in [4.69, 9.17) is 4.74 Å². The number of hydrogen-bond acceptors (Lipinski definition) is 4. The first-order valence-corrected chi connectivity index (χ1v) is 6.88. The molecule has 20 heavy (non-hydrogen) atoms. The summed E-state index contributed by atoms with van der Waals surface area (Å²) < 4.78 is 5.03. The fourth-order valence-corrected chi connectivity index (χ4v) is 2.68. The number of nitrogens with one attached hydrogen (secondary N) is 1. The molecule has 0 bridgehead atoms. The Balaban J connectivity index is 1.97. The first-order valence-electron chi connectivity index (χ1n) is 6.88. The average molecular weight is 271 g/mol. The van der Waals surface area contributed by atoms with Crippen molar-refractivity contribution in [2.75, 3.05) is 7.11 Å². The summed E-state index contributed by atoms with van der Waals surface area (Å²) in [5.74, 6) is 1.54. The Labute approximate surface area is 117 Å². The van der Waals surface area contributed by atoms with E-state index in [0.717, 1.165) is 24.1 Å². The molecule has 5 heteroatoms. The van der Waals surface area contributed by atoms with Crippen molar-refractivity contribution in [3.8, 4) is 17.3 Å². The number of pyridine rings is 1. The molecule has 0 saturated heterocycles. The second-order valence-corrected chi connectivity index (χ2v) is 5.09. The topological polar surface area (TPSA) is 67.9 Å². The summed E-state index contributed by atoms with van der Waals surface area (Å²) in [5, 5.41) is 0. The molecule has 1 aliphatic carbocycles. The van der Waals surface area contributed by atoms with Gasteiger partial charge in [0.2, 0.25) is 5.88 Å². The third-order valence-electron chi connectivity index (χ3n) is 3.75. The number of ether oxygens (including phenoxy) is 1. The van der Waals surface area contributed by atoms with E-state index in [2.05, 4.69) is 15.0 Å². The second-order valence-electron chi connectivity index (χ2n) is 5.09. The predicted molar refractivity (Wildman–Crippen MR) is 75.8 cm³/mol. The maximum Gasteiger partial charge on any atom is 0.251 e. The Morgan fingerprint density at radius 2 is 2.10 bits per heavy atom. The van der Waals surface area contributed by atoms with Gasteiger partial charge in [0.25, 0.3) is 5.56 Å². The number of methoxy groups -OCH3 is 1. The van der Waals surface area contributed by atoms with Gasteiger partial charge in [0.05, 0.1) is 12.8 Å². The van der Waals surface area contributed by atoms with E-state index in [-0.39, 0.29) is 5.56 Å². The smallest absolute Gasteiger partial charge is 0.251 e. The van der Waals surface area contributed by atoms with E-state index in [1.807, 2.05) is 6.07 Å². The molecule has 1 saturated carbocycles. The van der Waals surface area contributed by atoms with Gasteiger partial charge < -0.3 is 9.72 Å². The zero-order chi connectivity index (χ0) is 13.9. The van der Waals surface area contributed by atoms with Gasteiger partial charge in [-0.1, -0.05) is 12.8 Å². The van der Waals surface area contributed by atoms with Crippen molar-refractivity contribution in [3.05, 3.63) is 40.4 Å². The first-order chi connectivity index (χ1) is 9.76. The van der Waals surface area contributed by atoms with E-state index in [0.29, 0.717) is 17.6 Å². The minimum absolute atomic E-state index is 0.104. The molecule has 0 aromatic carbocycles. The summed E-state index contributed by atoms with van der Waals surface area (Å²) in [6.07, 6.45) is 6.35. The van der Waals surface area contributed by atoms with Crippen molar-refractivity contribution in [1.29, 1.82) is 0 Å². The lowest BCUT2D eigenvalue weighted by molar-refractivity contribution is 0.398. The molecule has 0 unspecified atom stereocenters. The lowest BCUT2D eigenvalue weighted by Gasteiger charge is -2.09. The van der Waals surface area contributed by atoms with Crippen molar-refractivity contribution in [2.45, 2.75) is 31.6 Å². The lowest BCUT2D eigenvalue weighted by atomic mass is 10.0. The van der Waals surface area contributed by atoms with Crippen molar-refractivity contribution in [3.63, 3.8) is 0 Å². The van der Waals surface area contributed by atoms with Gasteiger partial charge >= 0.3 is 0 Å². The summed E-state index contributed by atoms with van der Waals surface area (Å²) in [7, 11) is 1.57. The SMILES string of the molecule is COc1ccc(-c2nc(C3CCCC3)cc(=O)[nH]2)cn1. The molecule has 1 N–H and O–H groups in total. The summed E-state index contributed by atoms with van der Waals surface area (Å²) in [5.41, 5.74) is 1.59. The van der Waals surface area contributed by atoms with Crippen LogP contribution in [0.25, 0.3) is 11.4 Å². The quantitative estimate of drug-likeness (QED) is 0.931. The summed E-state index contributed by atoms with van der Waals surface area (Å²) in [6.45, 7) is 0. The lowest BCUT2D eigenvalue weighted by Crippen LogP contribution is -2.12. The highest BCUT2D eigenvalue weighted by atomic mass is 16.5. The van der Waals surface area contributed by atoms with Crippen LogP contribution in [-0.2, 0) is 0 Å². The van der Waals surface area contributed by atoms with Crippen LogP contribution in [0.5, 0.6) is 5.88 Å². The van der Waals surface area contributed by atoms with Crippen molar-refractivity contribution in [1.82, 2.24) is 15.0 Å². The summed E-state index contributed by atoms with van der Waals surface area (Å²) in [6, 6.07) is 5.23. The standard InChI is InChI=1S/C15H17N3O2/c1-20-14-7-6-11(9-16-14)15-17-12(8-13(19)18-15)10-4-2-3-5-10/h6-10H,2-5H2,1H3,(H,17,18,19). The van der Waals surface area contributed by atoms with Gasteiger partial charge in [-0.2, -0.15) is 0 Å². The van der Waals surface area contributed by atoms with Crippen molar-refractivity contribution < 1.29 is 4.74 Å². The maximum atomic E-state index is 11.8. The van der Waals surface area contributed by atoms with Crippen LogP contribution in [0.3, 0.4) is 0 Å². The number of nitrogens with zero attached hydrogens (tertiary/aromatic N) is 2. The number of hydrogen-bond donors (Lipinski definition) is 1. The highest BCUT2D eigenvalue weighted by Gasteiger charge is 2.19. The van der Waals surface area contributed by atoms with Gasteiger partial charge in [-0.05, 0) is 18.9 Å². The van der Waals surface area contributed by atoms with Crippen molar-refractivity contribution >= 4 is 0 Å². The highest BCUT2D eigenvalue weighted by Crippen LogP contribution is 2.32. The minimum atomic E-state index is -0.104. The molecular weight excluding hydrogens is 254 g/mol. The van der Waals surface area contributed by atoms with Crippen LogP contribution in [0, 0.1) is 0 Å². The Morgan fingerprint density at radius 1 is 1.30 bits per heavy atom. The molecule has 0 aliphatic heterocycles. The van der Waals surface area contributed by atoms with Gasteiger partial charge in [-0.25, -0.2) is 9.97 Å². The molecule has 2 heterocycles. The predicted octanol–water partition coefficient (Wildman–Crippen LogP) is 2.50. The summed E-state index contributed by atoms with van der Waals surface area (Å²) >= 11 is 0. The highest BCUT2D eigenvalue weighted by molar-refractivity contribution is 5.53. The Kier molecular flexibility index (Phi) is 3.50. The molecule has 3 rings (SSSR count). The summed E-state index contributed by atoms with van der Waals surface area (Å²) in [4.78, 5) is 23.4. The van der Waals surface area contributed by atoms with Gasteiger partial charge in [0.15, 0.2) is 0 Å². The van der Waals surface area contributed by atoms with Crippen LogP contribution in [0.4, 0.5) is 0 Å². The third-order valence-corrected chi connectivity index (χ3v) is 3.75. The van der Waals surface area contributed by atoms with E-state index in [9.17, 15) is 4.79 Å². The number of aromatic amines is 1. The molecule has 1 aliphatic rings. The second kappa shape index (κ2) is 5.45. The van der Waals surface area contributed by atoms with Crippen LogP contribution in [0.1, 0.15) is 37.3 Å². The molecule has 1 fully saturated rings. The molecule has 0 radical (unpaired) electrons. The first kappa shape index (κ1) is 12.8. The van der Waals surface area contributed by atoms with Crippen LogP contribution >= 0.6 is 0 Å². The Hall–Kier alpha value is -2.17.